The molecule has 0 aromatic carbocycles. The summed E-state index contributed by atoms with van der Waals surface area (Å²) in [5.41, 5.74) is 0. The molecule has 0 rings (SSSR count). The van der Waals surface area contributed by atoms with E-state index in [1.165, 1.54) is 122 Å². The van der Waals surface area contributed by atoms with E-state index in [-0.39, 0.29) is 24.9 Å². The summed E-state index contributed by atoms with van der Waals surface area (Å²) in [7, 11) is 0. The van der Waals surface area contributed by atoms with Crippen LogP contribution in [0.25, 0.3) is 0 Å². The lowest BCUT2D eigenvalue weighted by molar-refractivity contribution is -0.151. The van der Waals surface area contributed by atoms with Crippen LogP contribution in [0, 0.1) is 0 Å². The smallest absolute Gasteiger partial charge is 0.306 e. The first-order valence-electron chi connectivity index (χ1n) is 27.7. The molecule has 3 unspecified atom stereocenters. The molecule has 0 heterocycles. The van der Waals surface area contributed by atoms with Gasteiger partial charge in [0.2, 0.25) is 5.91 Å². The number of allylic oxidation sites excluding steroid dienone is 12. The fraction of sp³-hybridized carbons (Fsp3) is 0.763. The largest absolute Gasteiger partial charge is 0.462 e. The average Bonchev–Trinajstić information content (AvgIpc) is 3.30. The Bertz CT molecular complexity index is 1200. The zero-order valence-electron chi connectivity index (χ0n) is 42.9. The second kappa shape index (κ2) is 52.3. The van der Waals surface area contributed by atoms with E-state index in [0.717, 1.165) is 96.3 Å². The molecular weight excluding hydrogens is 803 g/mol. The lowest BCUT2D eigenvalue weighted by Gasteiger charge is -2.24. The van der Waals surface area contributed by atoms with Crippen LogP contribution >= 0.6 is 0 Å². The highest BCUT2D eigenvalue weighted by Crippen LogP contribution is 2.18. The molecule has 376 valence electrons. The molecule has 0 saturated carbocycles. The van der Waals surface area contributed by atoms with Crippen molar-refractivity contribution in [2.24, 2.45) is 0 Å². The Balaban J connectivity index is 4.65. The SMILES string of the molecule is CCCCC/C=C\C/C=C\CCCCCCCC(CC(=O)NC(CO)C(O)CCCCCCCCCCCCCCC)OC(=O)CCCCCCC/C=C/C=C/C=C/C=C/CCCCC. The number of ether oxygens (including phenoxy) is 1. The molecule has 0 aromatic rings. The van der Waals surface area contributed by atoms with Gasteiger partial charge in [-0.25, -0.2) is 0 Å². The van der Waals surface area contributed by atoms with Crippen LogP contribution in [-0.4, -0.2) is 46.9 Å². The second-order valence-electron chi connectivity index (χ2n) is 18.7. The van der Waals surface area contributed by atoms with Gasteiger partial charge in [-0.1, -0.05) is 241 Å². The number of aliphatic hydroxyl groups is 2. The van der Waals surface area contributed by atoms with Crippen molar-refractivity contribution in [3.8, 4) is 0 Å². The van der Waals surface area contributed by atoms with E-state index in [9.17, 15) is 19.8 Å². The molecule has 0 fully saturated rings. The van der Waals surface area contributed by atoms with Crippen molar-refractivity contribution in [2.45, 2.75) is 283 Å². The Morgan fingerprint density at radius 3 is 1.34 bits per heavy atom. The highest BCUT2D eigenvalue weighted by Gasteiger charge is 2.24. The molecule has 65 heavy (non-hydrogen) atoms. The van der Waals surface area contributed by atoms with E-state index in [1.807, 2.05) is 0 Å². The number of hydrogen-bond acceptors (Lipinski definition) is 5. The van der Waals surface area contributed by atoms with Crippen molar-refractivity contribution < 1.29 is 24.5 Å². The van der Waals surface area contributed by atoms with Crippen molar-refractivity contribution in [3.05, 3.63) is 72.9 Å². The third-order valence-electron chi connectivity index (χ3n) is 12.4. The van der Waals surface area contributed by atoms with E-state index >= 15 is 0 Å². The van der Waals surface area contributed by atoms with E-state index < -0.39 is 18.2 Å². The molecule has 3 N–H and O–H groups in total. The number of nitrogens with one attached hydrogen (secondary N) is 1. The van der Waals surface area contributed by atoms with E-state index in [1.54, 1.807) is 0 Å². The normalized spacial score (nSPS) is 13.7. The molecule has 0 bridgehead atoms. The van der Waals surface area contributed by atoms with E-state index in [0.29, 0.717) is 19.3 Å². The third-order valence-corrected chi connectivity index (χ3v) is 12.4. The summed E-state index contributed by atoms with van der Waals surface area (Å²) in [5.74, 6) is -0.512. The predicted octanol–water partition coefficient (Wildman–Crippen LogP) is 17.0. The van der Waals surface area contributed by atoms with Crippen LogP contribution in [0.15, 0.2) is 72.9 Å². The van der Waals surface area contributed by atoms with Gasteiger partial charge in [-0.2, -0.15) is 0 Å². The summed E-state index contributed by atoms with van der Waals surface area (Å²) in [4.78, 5) is 26.2. The lowest BCUT2D eigenvalue weighted by Crippen LogP contribution is -2.46. The molecule has 6 heteroatoms. The molecule has 0 saturated heterocycles. The van der Waals surface area contributed by atoms with Gasteiger partial charge < -0.3 is 20.3 Å². The van der Waals surface area contributed by atoms with Crippen molar-refractivity contribution in [3.63, 3.8) is 0 Å². The molecule has 0 aliphatic rings. The van der Waals surface area contributed by atoms with Crippen LogP contribution < -0.4 is 5.32 Å². The number of hydrogen-bond donors (Lipinski definition) is 3. The fourth-order valence-corrected chi connectivity index (χ4v) is 8.12. The minimum atomic E-state index is -0.799. The van der Waals surface area contributed by atoms with Gasteiger partial charge in [-0.15, -0.1) is 0 Å². The van der Waals surface area contributed by atoms with Gasteiger partial charge in [0.25, 0.3) is 0 Å². The van der Waals surface area contributed by atoms with Crippen LogP contribution in [-0.2, 0) is 14.3 Å². The van der Waals surface area contributed by atoms with Gasteiger partial charge in [-0.05, 0) is 83.5 Å². The predicted molar refractivity (Wildman–Crippen MR) is 282 cm³/mol. The number of carbonyl (C=O) groups is 2. The van der Waals surface area contributed by atoms with E-state index in [4.69, 9.17) is 4.74 Å². The zero-order valence-corrected chi connectivity index (χ0v) is 42.9. The highest BCUT2D eigenvalue weighted by molar-refractivity contribution is 5.77. The van der Waals surface area contributed by atoms with Gasteiger partial charge in [0.1, 0.15) is 6.10 Å². The molecule has 0 aromatic heterocycles. The first-order valence-corrected chi connectivity index (χ1v) is 27.7. The van der Waals surface area contributed by atoms with E-state index in [2.05, 4.69) is 99.0 Å². The molecule has 1 amide bonds. The minimum Gasteiger partial charge on any atom is -0.462 e. The van der Waals surface area contributed by atoms with Gasteiger partial charge in [0.05, 0.1) is 25.2 Å². The first-order chi connectivity index (χ1) is 32.0. The molecule has 0 aliphatic heterocycles. The number of carbonyl (C=O) groups excluding carboxylic acids is 2. The standard InChI is InChI=1S/C59H105NO5/c1-4-7-10-13-16-19-22-25-27-28-29-31-34-37-40-43-46-49-52-59(64)65-55(50-47-44-41-38-35-33-30-26-23-20-17-14-11-8-5-2)53-58(63)60-56(54-61)57(62)51-48-45-42-39-36-32-24-21-18-15-12-9-6-3/h16-17,19-20,22,25-31,55-57,61-62H,4-15,18,21,23-24,32-54H2,1-3H3,(H,60,63)/b19-16+,20-17-,25-22+,28-27+,30-26-,31-29+. The highest BCUT2D eigenvalue weighted by atomic mass is 16.5. The van der Waals surface area contributed by atoms with Crippen LogP contribution in [0.1, 0.15) is 265 Å². The van der Waals surface area contributed by atoms with Crippen LogP contribution in [0.4, 0.5) is 0 Å². The summed E-state index contributed by atoms with van der Waals surface area (Å²) in [6.45, 7) is 6.42. The third kappa shape index (κ3) is 47.6. The quantitative estimate of drug-likeness (QED) is 0.0245. The Labute approximate surface area is 402 Å². The fourth-order valence-electron chi connectivity index (χ4n) is 8.12. The maximum atomic E-state index is 13.2. The number of unbranched alkanes of at least 4 members (excludes halogenated alkanes) is 28. The monoisotopic (exact) mass is 908 g/mol. The Hall–Kier alpha value is -2.70. The van der Waals surface area contributed by atoms with Crippen LogP contribution in [0.5, 0.6) is 0 Å². The Morgan fingerprint density at radius 1 is 0.462 bits per heavy atom. The van der Waals surface area contributed by atoms with Crippen molar-refractivity contribution in [2.75, 3.05) is 6.61 Å². The van der Waals surface area contributed by atoms with Crippen LogP contribution in [0.3, 0.4) is 0 Å². The van der Waals surface area contributed by atoms with Crippen molar-refractivity contribution in [1.82, 2.24) is 5.32 Å². The van der Waals surface area contributed by atoms with Crippen molar-refractivity contribution >= 4 is 11.9 Å². The van der Waals surface area contributed by atoms with Crippen LogP contribution in [0.2, 0.25) is 0 Å². The molecule has 0 radical (unpaired) electrons. The maximum absolute atomic E-state index is 13.2. The van der Waals surface area contributed by atoms with Gasteiger partial charge >= 0.3 is 5.97 Å². The number of esters is 1. The number of aliphatic hydroxyl groups excluding tert-OH is 2. The summed E-state index contributed by atoms with van der Waals surface area (Å²) in [6.07, 6.45) is 66.6. The number of rotatable bonds is 49. The van der Waals surface area contributed by atoms with Gasteiger partial charge in [0.15, 0.2) is 0 Å². The van der Waals surface area contributed by atoms with Crippen molar-refractivity contribution in [1.29, 1.82) is 0 Å². The lowest BCUT2D eigenvalue weighted by atomic mass is 10.0. The maximum Gasteiger partial charge on any atom is 0.306 e. The van der Waals surface area contributed by atoms with Gasteiger partial charge in [0, 0.05) is 6.42 Å². The summed E-state index contributed by atoms with van der Waals surface area (Å²) < 4.78 is 5.94. The molecule has 6 nitrogen and oxygen atoms in total. The molecule has 3 atom stereocenters. The van der Waals surface area contributed by atoms with Gasteiger partial charge in [-0.3, -0.25) is 9.59 Å². The zero-order chi connectivity index (χ0) is 47.4. The summed E-state index contributed by atoms with van der Waals surface area (Å²) in [6, 6.07) is -0.714. The Kier molecular flexibility index (Phi) is 50.1. The molecule has 0 aliphatic carbocycles. The molecular formula is C59H105NO5. The first kappa shape index (κ1) is 62.3. The number of amides is 1. The molecule has 0 spiro atoms. The second-order valence-corrected chi connectivity index (χ2v) is 18.7. The summed E-state index contributed by atoms with van der Waals surface area (Å²) in [5, 5.41) is 23.8. The minimum absolute atomic E-state index is 0.0563. The topological polar surface area (TPSA) is 95.9 Å². The average molecular weight is 908 g/mol. The Morgan fingerprint density at radius 2 is 0.846 bits per heavy atom. The summed E-state index contributed by atoms with van der Waals surface area (Å²) >= 11 is 0.